The lowest BCUT2D eigenvalue weighted by Crippen LogP contribution is -2.41. The van der Waals surface area contributed by atoms with Crippen molar-refractivity contribution in [1.29, 1.82) is 0 Å². The number of carbonyl (C=O) groups is 1. The van der Waals surface area contributed by atoms with Gasteiger partial charge in [-0.2, -0.15) is 0 Å². The van der Waals surface area contributed by atoms with Gasteiger partial charge in [-0.05, 0) is 26.7 Å². The molecule has 0 bridgehead atoms. The van der Waals surface area contributed by atoms with Crippen LogP contribution in [0.2, 0.25) is 0 Å². The highest BCUT2D eigenvalue weighted by Crippen LogP contribution is 1.90. The Hall–Kier alpha value is -0.830. The summed E-state index contributed by atoms with van der Waals surface area (Å²) in [5.74, 6) is 0.0651. The summed E-state index contributed by atoms with van der Waals surface area (Å²) in [5.41, 5.74) is 0. The first-order valence-electron chi connectivity index (χ1n) is 5.23. The van der Waals surface area contributed by atoms with Crippen LogP contribution in [0.15, 0.2) is 12.7 Å². The summed E-state index contributed by atoms with van der Waals surface area (Å²) in [5, 5.41) is 6.03. The van der Waals surface area contributed by atoms with E-state index in [2.05, 4.69) is 24.1 Å². The van der Waals surface area contributed by atoms with E-state index in [4.69, 9.17) is 0 Å². The van der Waals surface area contributed by atoms with Crippen molar-refractivity contribution in [1.82, 2.24) is 10.6 Å². The van der Waals surface area contributed by atoms with Gasteiger partial charge in [0.25, 0.3) is 0 Å². The van der Waals surface area contributed by atoms with Crippen molar-refractivity contribution in [2.24, 2.45) is 0 Å². The Bertz CT molecular complexity index is 180. The van der Waals surface area contributed by atoms with Crippen molar-refractivity contribution in [2.75, 3.05) is 6.54 Å². The number of hydrogen-bond donors (Lipinski definition) is 2. The molecule has 0 saturated heterocycles. The highest BCUT2D eigenvalue weighted by Gasteiger charge is 2.06. The molecule has 0 saturated carbocycles. The number of carbonyl (C=O) groups excluding carboxylic acids is 1. The minimum Gasteiger partial charge on any atom is -0.353 e. The Morgan fingerprint density at radius 1 is 1.43 bits per heavy atom. The van der Waals surface area contributed by atoms with Gasteiger partial charge in [-0.15, -0.1) is 6.58 Å². The molecule has 2 atom stereocenters. The zero-order valence-corrected chi connectivity index (χ0v) is 9.47. The Labute approximate surface area is 87.0 Å². The van der Waals surface area contributed by atoms with Crippen LogP contribution in [-0.2, 0) is 4.79 Å². The minimum atomic E-state index is 0.0651. The van der Waals surface area contributed by atoms with E-state index in [1.54, 1.807) is 0 Å². The molecular weight excluding hydrogens is 176 g/mol. The molecule has 3 heteroatoms. The molecule has 0 fully saturated rings. The largest absolute Gasteiger partial charge is 0.353 e. The van der Waals surface area contributed by atoms with Gasteiger partial charge in [0.2, 0.25) is 5.91 Å². The molecule has 2 N–H and O–H groups in total. The second-order valence-electron chi connectivity index (χ2n) is 3.68. The van der Waals surface area contributed by atoms with E-state index in [0.29, 0.717) is 12.6 Å². The molecular formula is C11H22N2O. The maximum atomic E-state index is 11.3. The van der Waals surface area contributed by atoms with Crippen LogP contribution >= 0.6 is 0 Å². The summed E-state index contributed by atoms with van der Waals surface area (Å²) < 4.78 is 0. The molecule has 0 heterocycles. The van der Waals surface area contributed by atoms with Crippen LogP contribution in [0.5, 0.6) is 0 Å². The van der Waals surface area contributed by atoms with Crippen molar-refractivity contribution >= 4 is 5.91 Å². The summed E-state index contributed by atoms with van der Waals surface area (Å²) in [6, 6.07) is 0.578. The van der Waals surface area contributed by atoms with Gasteiger partial charge in [0.05, 0.1) is 6.54 Å². The first-order chi connectivity index (χ1) is 6.60. The second-order valence-corrected chi connectivity index (χ2v) is 3.68. The summed E-state index contributed by atoms with van der Waals surface area (Å²) in [6.07, 6.45) is 3.70. The molecule has 3 nitrogen and oxygen atoms in total. The summed E-state index contributed by atoms with van der Waals surface area (Å²) in [7, 11) is 0. The van der Waals surface area contributed by atoms with E-state index in [9.17, 15) is 4.79 Å². The maximum Gasteiger partial charge on any atom is 0.234 e. The lowest BCUT2D eigenvalue weighted by atomic mass is 10.2. The van der Waals surface area contributed by atoms with Crippen LogP contribution in [0, 0.1) is 0 Å². The zero-order valence-electron chi connectivity index (χ0n) is 9.47. The van der Waals surface area contributed by atoms with E-state index in [-0.39, 0.29) is 11.9 Å². The number of amides is 1. The van der Waals surface area contributed by atoms with E-state index in [1.165, 1.54) is 0 Å². The number of rotatable bonds is 7. The molecule has 0 aromatic carbocycles. The quantitative estimate of drug-likeness (QED) is 0.608. The van der Waals surface area contributed by atoms with Crippen molar-refractivity contribution in [3.05, 3.63) is 12.7 Å². The first-order valence-corrected chi connectivity index (χ1v) is 5.23. The average molecular weight is 198 g/mol. The third kappa shape index (κ3) is 6.66. The molecule has 0 aromatic rings. The molecule has 0 radical (unpaired) electrons. The Kier molecular flexibility index (Phi) is 7.11. The standard InChI is InChI=1S/C11H22N2O/c1-5-7-10(4)12-8-11(14)13-9(3)6-2/h5,9-10,12H,1,6-8H2,2-4H3,(H,13,14). The Morgan fingerprint density at radius 2 is 2.07 bits per heavy atom. The molecule has 82 valence electrons. The fourth-order valence-corrected chi connectivity index (χ4v) is 1.03. The van der Waals surface area contributed by atoms with Crippen molar-refractivity contribution in [3.63, 3.8) is 0 Å². The summed E-state index contributed by atoms with van der Waals surface area (Å²) in [4.78, 5) is 11.3. The topological polar surface area (TPSA) is 41.1 Å². The predicted molar refractivity (Wildman–Crippen MR) is 60.2 cm³/mol. The van der Waals surface area contributed by atoms with Gasteiger partial charge < -0.3 is 10.6 Å². The smallest absolute Gasteiger partial charge is 0.234 e. The molecule has 0 aliphatic carbocycles. The van der Waals surface area contributed by atoms with Gasteiger partial charge in [-0.25, -0.2) is 0 Å². The van der Waals surface area contributed by atoms with E-state index < -0.39 is 0 Å². The molecule has 2 unspecified atom stereocenters. The lowest BCUT2D eigenvalue weighted by Gasteiger charge is -2.14. The Balaban J connectivity index is 3.57. The highest BCUT2D eigenvalue weighted by atomic mass is 16.1. The fourth-order valence-electron chi connectivity index (χ4n) is 1.03. The van der Waals surface area contributed by atoms with Crippen LogP contribution < -0.4 is 10.6 Å². The average Bonchev–Trinajstić information content (AvgIpc) is 2.15. The van der Waals surface area contributed by atoms with Gasteiger partial charge in [-0.3, -0.25) is 4.79 Å². The molecule has 0 spiro atoms. The zero-order chi connectivity index (χ0) is 11.0. The van der Waals surface area contributed by atoms with Crippen molar-refractivity contribution in [3.8, 4) is 0 Å². The Morgan fingerprint density at radius 3 is 2.57 bits per heavy atom. The van der Waals surface area contributed by atoms with Gasteiger partial charge >= 0.3 is 0 Å². The SMILES string of the molecule is C=CCC(C)NCC(=O)NC(C)CC. The molecule has 0 aliphatic heterocycles. The summed E-state index contributed by atoms with van der Waals surface area (Å²) in [6.45, 7) is 10.1. The monoisotopic (exact) mass is 198 g/mol. The van der Waals surface area contributed by atoms with E-state index in [1.807, 2.05) is 19.9 Å². The normalized spacial score (nSPS) is 14.5. The first kappa shape index (κ1) is 13.2. The van der Waals surface area contributed by atoms with E-state index >= 15 is 0 Å². The third-order valence-electron chi connectivity index (χ3n) is 2.15. The number of hydrogen-bond acceptors (Lipinski definition) is 2. The molecule has 0 rings (SSSR count). The third-order valence-corrected chi connectivity index (χ3v) is 2.15. The second kappa shape index (κ2) is 7.56. The minimum absolute atomic E-state index is 0.0651. The number of nitrogens with one attached hydrogen (secondary N) is 2. The van der Waals surface area contributed by atoms with Gasteiger partial charge in [0, 0.05) is 12.1 Å². The fraction of sp³-hybridized carbons (Fsp3) is 0.727. The molecule has 14 heavy (non-hydrogen) atoms. The van der Waals surface area contributed by atoms with Gasteiger partial charge in [-0.1, -0.05) is 13.0 Å². The van der Waals surface area contributed by atoms with Gasteiger partial charge in [0.15, 0.2) is 0 Å². The van der Waals surface area contributed by atoms with Crippen LogP contribution in [0.3, 0.4) is 0 Å². The van der Waals surface area contributed by atoms with E-state index in [0.717, 1.165) is 12.8 Å². The molecule has 0 aromatic heterocycles. The lowest BCUT2D eigenvalue weighted by molar-refractivity contribution is -0.120. The van der Waals surface area contributed by atoms with Crippen LogP contribution in [0.25, 0.3) is 0 Å². The highest BCUT2D eigenvalue weighted by molar-refractivity contribution is 5.78. The maximum absolute atomic E-state index is 11.3. The summed E-state index contributed by atoms with van der Waals surface area (Å²) >= 11 is 0. The van der Waals surface area contributed by atoms with Crippen LogP contribution in [-0.4, -0.2) is 24.5 Å². The predicted octanol–water partition coefficient (Wildman–Crippen LogP) is 1.46. The van der Waals surface area contributed by atoms with Crippen LogP contribution in [0.1, 0.15) is 33.6 Å². The van der Waals surface area contributed by atoms with Crippen molar-refractivity contribution in [2.45, 2.75) is 45.7 Å². The van der Waals surface area contributed by atoms with Crippen LogP contribution in [0.4, 0.5) is 0 Å². The molecule has 0 aliphatic rings. The molecule has 1 amide bonds. The van der Waals surface area contributed by atoms with Crippen molar-refractivity contribution < 1.29 is 4.79 Å². The van der Waals surface area contributed by atoms with Gasteiger partial charge in [0.1, 0.15) is 0 Å².